The molecule has 114 valence electrons. The fraction of sp³-hybridized carbons (Fsp3) is 0.769. The van der Waals surface area contributed by atoms with Crippen LogP contribution < -0.4 is 5.32 Å². The number of alkyl halides is 3. The molecular formula is C13H20F3N3S. The minimum atomic E-state index is -4.08. The van der Waals surface area contributed by atoms with Gasteiger partial charge in [-0.05, 0) is 32.9 Å². The van der Waals surface area contributed by atoms with Gasteiger partial charge in [0.1, 0.15) is 0 Å². The standard InChI is InChI=1S/C13H20F3N3S/c1-10-18-12(8-20-10)2-5-17-11-3-6-19(7-4-11)9-13(14,15)16/h8,11,17H,2-7,9H2,1H3. The Morgan fingerprint density at radius 2 is 2.10 bits per heavy atom. The third-order valence-corrected chi connectivity index (χ3v) is 4.29. The van der Waals surface area contributed by atoms with Gasteiger partial charge in [0.15, 0.2) is 0 Å². The van der Waals surface area contributed by atoms with Crippen LogP contribution in [0.4, 0.5) is 13.2 Å². The van der Waals surface area contributed by atoms with Gasteiger partial charge in [-0.15, -0.1) is 11.3 Å². The summed E-state index contributed by atoms with van der Waals surface area (Å²) < 4.78 is 36.8. The van der Waals surface area contributed by atoms with Crippen LogP contribution in [0.1, 0.15) is 23.5 Å². The Morgan fingerprint density at radius 3 is 2.65 bits per heavy atom. The second-order valence-electron chi connectivity index (χ2n) is 5.23. The van der Waals surface area contributed by atoms with E-state index < -0.39 is 12.7 Å². The molecule has 0 spiro atoms. The average molecular weight is 307 g/mol. The Balaban J connectivity index is 1.62. The summed E-state index contributed by atoms with van der Waals surface area (Å²) >= 11 is 1.64. The number of hydrogen-bond acceptors (Lipinski definition) is 4. The summed E-state index contributed by atoms with van der Waals surface area (Å²) in [5.41, 5.74) is 1.09. The Labute approximate surface area is 121 Å². The van der Waals surface area contributed by atoms with Gasteiger partial charge < -0.3 is 5.32 Å². The molecule has 7 heteroatoms. The molecule has 0 aromatic carbocycles. The van der Waals surface area contributed by atoms with Gasteiger partial charge in [-0.25, -0.2) is 4.98 Å². The zero-order valence-electron chi connectivity index (χ0n) is 11.5. The molecule has 20 heavy (non-hydrogen) atoms. The molecular weight excluding hydrogens is 287 g/mol. The van der Waals surface area contributed by atoms with Crippen LogP contribution in [0.5, 0.6) is 0 Å². The van der Waals surface area contributed by atoms with E-state index >= 15 is 0 Å². The quantitative estimate of drug-likeness (QED) is 0.906. The van der Waals surface area contributed by atoms with Gasteiger partial charge in [0.05, 0.1) is 17.2 Å². The summed E-state index contributed by atoms with van der Waals surface area (Å²) in [6, 6.07) is 0.333. The average Bonchev–Trinajstić information content (AvgIpc) is 2.75. The van der Waals surface area contributed by atoms with E-state index in [2.05, 4.69) is 15.7 Å². The highest BCUT2D eigenvalue weighted by atomic mass is 32.1. The highest BCUT2D eigenvalue weighted by Crippen LogP contribution is 2.19. The highest BCUT2D eigenvalue weighted by Gasteiger charge is 2.32. The second-order valence-corrected chi connectivity index (χ2v) is 6.29. The van der Waals surface area contributed by atoms with Crippen LogP contribution in [-0.2, 0) is 6.42 Å². The fourth-order valence-corrected chi connectivity index (χ4v) is 3.12. The number of nitrogens with one attached hydrogen (secondary N) is 1. The lowest BCUT2D eigenvalue weighted by Gasteiger charge is -2.32. The largest absolute Gasteiger partial charge is 0.401 e. The number of aromatic nitrogens is 1. The molecule has 2 rings (SSSR count). The number of likely N-dealkylation sites (tertiary alicyclic amines) is 1. The minimum absolute atomic E-state index is 0.333. The first kappa shape index (κ1) is 15.7. The van der Waals surface area contributed by atoms with Gasteiger partial charge in [0, 0.05) is 24.4 Å². The lowest BCUT2D eigenvalue weighted by atomic mass is 10.0. The molecule has 1 aliphatic rings. The maximum atomic E-state index is 12.3. The van der Waals surface area contributed by atoms with E-state index in [-0.39, 0.29) is 0 Å². The summed E-state index contributed by atoms with van der Waals surface area (Å²) in [6.45, 7) is 3.09. The van der Waals surface area contributed by atoms with Crippen molar-refractivity contribution in [3.05, 3.63) is 16.1 Å². The van der Waals surface area contributed by atoms with Crippen LogP contribution in [0.25, 0.3) is 0 Å². The molecule has 3 nitrogen and oxygen atoms in total. The third kappa shape index (κ3) is 5.38. The minimum Gasteiger partial charge on any atom is -0.313 e. The maximum absolute atomic E-state index is 12.3. The lowest BCUT2D eigenvalue weighted by Crippen LogP contribution is -2.45. The van der Waals surface area contributed by atoms with Crippen LogP contribution in [0.15, 0.2) is 5.38 Å². The fourth-order valence-electron chi connectivity index (χ4n) is 2.48. The van der Waals surface area contributed by atoms with Crippen LogP contribution in [-0.4, -0.2) is 48.3 Å². The first-order valence-corrected chi connectivity index (χ1v) is 7.74. The summed E-state index contributed by atoms with van der Waals surface area (Å²) in [5, 5.41) is 6.55. The van der Waals surface area contributed by atoms with Crippen molar-refractivity contribution in [1.29, 1.82) is 0 Å². The van der Waals surface area contributed by atoms with Gasteiger partial charge in [-0.2, -0.15) is 13.2 Å². The summed E-state index contributed by atoms with van der Waals surface area (Å²) in [7, 11) is 0. The second kappa shape index (κ2) is 6.87. The number of piperidine rings is 1. The smallest absolute Gasteiger partial charge is 0.313 e. The molecule has 1 aromatic rings. The predicted molar refractivity (Wildman–Crippen MR) is 74.1 cm³/mol. The Bertz CT molecular complexity index is 411. The summed E-state index contributed by atoms with van der Waals surface area (Å²) in [5.74, 6) is 0. The van der Waals surface area contributed by atoms with Crippen LogP contribution in [0.2, 0.25) is 0 Å². The van der Waals surface area contributed by atoms with Crippen LogP contribution in [0, 0.1) is 6.92 Å². The van der Waals surface area contributed by atoms with Gasteiger partial charge >= 0.3 is 6.18 Å². The molecule has 0 amide bonds. The molecule has 0 atom stereocenters. The van der Waals surface area contributed by atoms with E-state index in [1.807, 2.05) is 6.92 Å². The summed E-state index contributed by atoms with van der Waals surface area (Å²) in [4.78, 5) is 5.88. The molecule has 0 radical (unpaired) electrons. The molecule has 0 bridgehead atoms. The van der Waals surface area contributed by atoms with Crippen LogP contribution >= 0.6 is 11.3 Å². The topological polar surface area (TPSA) is 28.2 Å². The van der Waals surface area contributed by atoms with E-state index in [4.69, 9.17) is 0 Å². The Morgan fingerprint density at radius 1 is 1.40 bits per heavy atom. The molecule has 1 saturated heterocycles. The molecule has 1 fully saturated rings. The number of rotatable bonds is 5. The zero-order valence-corrected chi connectivity index (χ0v) is 12.4. The molecule has 1 aromatic heterocycles. The Kier molecular flexibility index (Phi) is 5.40. The zero-order chi connectivity index (χ0) is 14.6. The number of halogens is 3. The van der Waals surface area contributed by atoms with E-state index in [0.29, 0.717) is 19.1 Å². The molecule has 2 heterocycles. The number of thiazole rings is 1. The lowest BCUT2D eigenvalue weighted by molar-refractivity contribution is -0.148. The van der Waals surface area contributed by atoms with Crippen molar-refractivity contribution in [2.45, 2.75) is 38.4 Å². The van der Waals surface area contributed by atoms with Crippen molar-refractivity contribution in [2.24, 2.45) is 0 Å². The van der Waals surface area contributed by atoms with E-state index in [9.17, 15) is 13.2 Å². The van der Waals surface area contributed by atoms with Crippen LogP contribution in [0.3, 0.4) is 0 Å². The summed E-state index contributed by atoms with van der Waals surface area (Å²) in [6.07, 6.45) is -1.63. The number of aryl methyl sites for hydroxylation is 1. The number of nitrogens with zero attached hydrogens (tertiary/aromatic N) is 2. The SMILES string of the molecule is Cc1nc(CCNC2CCN(CC(F)(F)F)CC2)cs1. The third-order valence-electron chi connectivity index (χ3n) is 3.47. The predicted octanol–water partition coefficient (Wildman–Crippen LogP) is 2.61. The molecule has 1 N–H and O–H groups in total. The first-order valence-electron chi connectivity index (χ1n) is 6.86. The highest BCUT2D eigenvalue weighted by molar-refractivity contribution is 7.09. The normalized spacial score (nSPS) is 18.6. The van der Waals surface area contributed by atoms with Crippen molar-refractivity contribution in [3.63, 3.8) is 0 Å². The maximum Gasteiger partial charge on any atom is 0.401 e. The molecule has 0 saturated carbocycles. The van der Waals surface area contributed by atoms with Gasteiger partial charge in [-0.1, -0.05) is 0 Å². The van der Waals surface area contributed by atoms with Gasteiger partial charge in [-0.3, -0.25) is 4.90 Å². The van der Waals surface area contributed by atoms with Gasteiger partial charge in [0.2, 0.25) is 0 Å². The molecule has 1 aliphatic heterocycles. The molecule has 0 aliphatic carbocycles. The van der Waals surface area contributed by atoms with Crippen molar-refractivity contribution in [3.8, 4) is 0 Å². The Hall–Kier alpha value is -0.660. The first-order chi connectivity index (χ1) is 9.42. The van der Waals surface area contributed by atoms with Crippen molar-refractivity contribution >= 4 is 11.3 Å². The van der Waals surface area contributed by atoms with Crippen molar-refractivity contribution in [2.75, 3.05) is 26.2 Å². The van der Waals surface area contributed by atoms with Gasteiger partial charge in [0.25, 0.3) is 0 Å². The monoisotopic (exact) mass is 307 g/mol. The number of hydrogen-bond donors (Lipinski definition) is 1. The van der Waals surface area contributed by atoms with E-state index in [0.717, 1.165) is 36.5 Å². The van der Waals surface area contributed by atoms with Crippen molar-refractivity contribution < 1.29 is 13.2 Å². The van der Waals surface area contributed by atoms with E-state index in [1.54, 1.807) is 11.3 Å². The van der Waals surface area contributed by atoms with E-state index in [1.165, 1.54) is 4.90 Å². The van der Waals surface area contributed by atoms with Crippen molar-refractivity contribution in [1.82, 2.24) is 15.2 Å². The molecule has 0 unspecified atom stereocenters.